The summed E-state index contributed by atoms with van der Waals surface area (Å²) in [6.07, 6.45) is -0.0870. The molecule has 0 spiro atoms. The van der Waals surface area contributed by atoms with Crippen molar-refractivity contribution in [1.29, 1.82) is 0 Å². The molecule has 0 radical (unpaired) electrons. The third kappa shape index (κ3) is 6.25. The van der Waals surface area contributed by atoms with E-state index in [9.17, 15) is 24.6 Å². The van der Waals surface area contributed by atoms with Crippen molar-refractivity contribution in [2.45, 2.75) is 70.7 Å². The van der Waals surface area contributed by atoms with Crippen molar-refractivity contribution < 1.29 is 19.0 Å². The number of benzene rings is 1. The topological polar surface area (TPSA) is 161 Å². The first kappa shape index (κ1) is 27.2. The number of hydrazine groups is 2. The van der Waals surface area contributed by atoms with E-state index in [2.05, 4.69) is 49.8 Å². The SMILES string of the molecule is Cc1cn(C2CC(O[Si](C)(C)C(C)(C)C)C(C[N+](=O)NNc3ccc([N+](=O)[O-])cc3)O2)c(=O)[nH]c1=O. The number of non-ortho nitro benzene ring substituents is 1. The number of anilines is 1. The van der Waals surface area contributed by atoms with Crippen LogP contribution in [0.15, 0.2) is 40.1 Å². The average Bonchev–Trinajstić information content (AvgIpc) is 3.15. The van der Waals surface area contributed by atoms with Crippen LogP contribution in [0.5, 0.6) is 0 Å². The minimum Gasteiger partial charge on any atom is -0.411 e. The van der Waals surface area contributed by atoms with Gasteiger partial charge in [0.2, 0.25) is 0 Å². The molecular formula is C22H33N6O7Si+. The van der Waals surface area contributed by atoms with Crippen molar-refractivity contribution in [1.82, 2.24) is 15.1 Å². The molecule has 0 aliphatic carbocycles. The van der Waals surface area contributed by atoms with Crippen LogP contribution in [0.1, 0.15) is 39.0 Å². The van der Waals surface area contributed by atoms with Gasteiger partial charge in [0, 0.05) is 30.3 Å². The average molecular weight is 522 g/mol. The number of nitroso groups, excluding NO2 is 1. The lowest BCUT2D eigenvalue weighted by molar-refractivity contribution is -0.610. The maximum absolute atomic E-state index is 12.7. The number of ether oxygens (including phenoxy) is 1. The molecule has 36 heavy (non-hydrogen) atoms. The molecule has 0 saturated carbocycles. The molecule has 2 aromatic rings. The van der Waals surface area contributed by atoms with E-state index in [1.807, 2.05) is 0 Å². The molecule has 1 fully saturated rings. The predicted molar refractivity (Wildman–Crippen MR) is 135 cm³/mol. The zero-order valence-electron chi connectivity index (χ0n) is 21.2. The lowest BCUT2D eigenvalue weighted by atomic mass is 10.2. The van der Waals surface area contributed by atoms with Crippen molar-refractivity contribution in [2.24, 2.45) is 0 Å². The predicted octanol–water partition coefficient (Wildman–Crippen LogP) is 2.74. The number of aromatic amines is 1. The molecule has 3 N–H and O–H groups in total. The summed E-state index contributed by atoms with van der Waals surface area (Å²) in [5.74, 6) is 0. The fourth-order valence-electron chi connectivity index (χ4n) is 3.52. The van der Waals surface area contributed by atoms with Gasteiger partial charge in [-0.3, -0.25) is 24.5 Å². The maximum atomic E-state index is 12.7. The van der Waals surface area contributed by atoms with Gasteiger partial charge in [-0.1, -0.05) is 26.3 Å². The summed E-state index contributed by atoms with van der Waals surface area (Å²) in [5.41, 5.74) is 4.87. The summed E-state index contributed by atoms with van der Waals surface area (Å²) in [7, 11) is -2.25. The Kier molecular flexibility index (Phi) is 7.81. The van der Waals surface area contributed by atoms with E-state index in [0.717, 1.165) is 0 Å². The lowest BCUT2D eigenvalue weighted by Crippen LogP contribution is -2.48. The van der Waals surface area contributed by atoms with Crippen LogP contribution in [-0.4, -0.2) is 46.4 Å². The van der Waals surface area contributed by atoms with E-state index in [1.165, 1.54) is 35.0 Å². The third-order valence-electron chi connectivity index (χ3n) is 6.64. The zero-order chi connectivity index (χ0) is 26.8. The minimum atomic E-state index is -2.25. The Morgan fingerprint density at radius 3 is 2.44 bits per heavy atom. The first-order valence-corrected chi connectivity index (χ1v) is 14.4. The molecule has 0 amide bonds. The Morgan fingerprint density at radius 2 is 1.86 bits per heavy atom. The molecule has 1 aromatic carbocycles. The number of aryl methyl sites for hydroxylation is 1. The van der Waals surface area contributed by atoms with Gasteiger partial charge in [-0.25, -0.2) is 10.2 Å². The number of nitrogens with zero attached hydrogens (tertiary/aromatic N) is 3. The zero-order valence-corrected chi connectivity index (χ0v) is 22.2. The molecular weight excluding hydrogens is 488 g/mol. The Morgan fingerprint density at radius 1 is 1.22 bits per heavy atom. The van der Waals surface area contributed by atoms with Crippen molar-refractivity contribution in [2.75, 3.05) is 12.0 Å². The lowest BCUT2D eigenvalue weighted by Gasteiger charge is -2.38. The van der Waals surface area contributed by atoms with E-state index in [1.54, 1.807) is 6.92 Å². The molecule has 1 aromatic heterocycles. The molecule has 3 rings (SSSR count). The molecule has 1 aliphatic heterocycles. The van der Waals surface area contributed by atoms with Crippen LogP contribution in [0.25, 0.3) is 0 Å². The van der Waals surface area contributed by atoms with Gasteiger partial charge in [0.15, 0.2) is 14.4 Å². The quantitative estimate of drug-likeness (QED) is 0.195. The van der Waals surface area contributed by atoms with Crippen LogP contribution in [0.3, 0.4) is 0 Å². The Bertz CT molecular complexity index is 1240. The second-order valence-corrected chi connectivity index (χ2v) is 15.1. The Hall–Kier alpha value is -3.36. The van der Waals surface area contributed by atoms with Crippen molar-refractivity contribution >= 4 is 19.7 Å². The van der Waals surface area contributed by atoms with E-state index in [-0.39, 0.29) is 17.3 Å². The number of H-pyrrole nitrogens is 1. The number of aromatic nitrogens is 2. The number of nitro benzene ring substituents is 1. The molecule has 3 atom stereocenters. The third-order valence-corrected chi connectivity index (χ3v) is 11.1. The summed E-state index contributed by atoms with van der Waals surface area (Å²) in [6.45, 7) is 12.0. The molecule has 196 valence electrons. The Labute approximate surface area is 208 Å². The number of rotatable bonds is 9. The molecule has 0 bridgehead atoms. The monoisotopic (exact) mass is 521 g/mol. The second-order valence-electron chi connectivity index (χ2n) is 10.4. The van der Waals surface area contributed by atoms with Crippen LogP contribution < -0.4 is 22.2 Å². The van der Waals surface area contributed by atoms with E-state index < -0.39 is 42.9 Å². The van der Waals surface area contributed by atoms with Gasteiger partial charge in [-0.05, 0) is 37.2 Å². The standard InChI is InChI=1S/C22H32N6O7Si/c1-14-12-26(21(30)23-20(14)29)19-11-17(35-36(5,6)22(2,3)4)18(34-19)13-27(31)25-24-15-7-9-16(10-8-15)28(32)33/h7-10,12,17-19,24H,11,13H2,1-6H3,(H-,23,25,29,30,31)/p+1. The fourth-order valence-corrected chi connectivity index (χ4v) is 4.88. The molecule has 2 heterocycles. The molecule has 1 aliphatic rings. The van der Waals surface area contributed by atoms with Crippen LogP contribution in [0, 0.1) is 21.9 Å². The first-order chi connectivity index (χ1) is 16.7. The van der Waals surface area contributed by atoms with Gasteiger partial charge in [0.25, 0.3) is 17.8 Å². The van der Waals surface area contributed by atoms with Gasteiger partial charge in [-0.2, -0.15) is 0 Å². The van der Waals surface area contributed by atoms with Gasteiger partial charge >= 0.3 is 5.69 Å². The summed E-state index contributed by atoms with van der Waals surface area (Å²) < 4.78 is 14.0. The van der Waals surface area contributed by atoms with Gasteiger partial charge < -0.3 is 9.16 Å². The number of hydrogen-bond donors (Lipinski definition) is 3. The molecule has 14 heteroatoms. The Balaban J connectivity index is 1.75. The first-order valence-electron chi connectivity index (χ1n) is 11.5. The minimum absolute atomic E-state index is 0.0664. The number of hydrogen-bond acceptors (Lipinski definition) is 8. The highest BCUT2D eigenvalue weighted by atomic mass is 28.4. The van der Waals surface area contributed by atoms with Crippen LogP contribution in [0.4, 0.5) is 11.4 Å². The van der Waals surface area contributed by atoms with E-state index >= 15 is 0 Å². The molecule has 1 saturated heterocycles. The van der Waals surface area contributed by atoms with Gasteiger partial charge in [0.1, 0.15) is 11.1 Å². The van der Waals surface area contributed by atoms with Crippen LogP contribution in [0.2, 0.25) is 18.1 Å². The summed E-state index contributed by atoms with van der Waals surface area (Å²) in [5, 5.41) is 10.7. The normalized spacial score (nSPS) is 20.2. The van der Waals surface area contributed by atoms with Crippen molar-refractivity contribution in [3.63, 3.8) is 0 Å². The van der Waals surface area contributed by atoms with Gasteiger partial charge in [-0.15, -0.1) is 0 Å². The second kappa shape index (κ2) is 10.3. The summed E-state index contributed by atoms with van der Waals surface area (Å²) in [4.78, 5) is 50.0. The largest absolute Gasteiger partial charge is 0.411 e. The number of nitrogens with one attached hydrogen (secondary N) is 3. The smallest absolute Gasteiger partial charge is 0.330 e. The summed E-state index contributed by atoms with van der Waals surface area (Å²) in [6, 6.07) is 5.57. The highest BCUT2D eigenvalue weighted by Crippen LogP contribution is 2.41. The van der Waals surface area contributed by atoms with Gasteiger partial charge in [0.05, 0.1) is 21.6 Å². The van der Waals surface area contributed by atoms with Crippen molar-refractivity contribution in [3.05, 3.63) is 71.9 Å². The van der Waals surface area contributed by atoms with Crippen LogP contribution in [-0.2, 0) is 9.16 Å². The van der Waals surface area contributed by atoms with Crippen molar-refractivity contribution in [3.8, 4) is 0 Å². The highest BCUT2D eigenvalue weighted by Gasteiger charge is 2.47. The fraction of sp³-hybridized carbons (Fsp3) is 0.545. The number of nitro groups is 1. The van der Waals surface area contributed by atoms with Crippen LogP contribution >= 0.6 is 0 Å². The molecule has 3 unspecified atom stereocenters. The molecule has 13 nitrogen and oxygen atoms in total. The summed E-state index contributed by atoms with van der Waals surface area (Å²) >= 11 is 0. The highest BCUT2D eigenvalue weighted by molar-refractivity contribution is 6.74. The van der Waals surface area contributed by atoms with E-state index in [0.29, 0.717) is 22.5 Å². The van der Waals surface area contributed by atoms with E-state index in [4.69, 9.17) is 9.16 Å². The maximum Gasteiger partial charge on any atom is 0.330 e.